The maximum absolute atomic E-state index is 11.2. The molecule has 1 aliphatic heterocycles. The fourth-order valence-electron chi connectivity index (χ4n) is 4.95. The molecule has 2 nitrogen and oxygen atoms in total. The molecule has 0 aromatic heterocycles. The summed E-state index contributed by atoms with van der Waals surface area (Å²) in [6, 6.07) is 16.2. The van der Waals surface area contributed by atoms with E-state index in [2.05, 4.69) is 68.1 Å². The molecule has 0 saturated carbocycles. The monoisotopic (exact) mass is 435 g/mol. The highest BCUT2D eigenvalue weighted by Crippen LogP contribution is 2.33. The second-order valence-corrected chi connectivity index (χ2v) is 10.2. The predicted molar refractivity (Wildman–Crippen MR) is 131 cm³/mol. The van der Waals surface area contributed by atoms with Gasteiger partial charge in [0.2, 0.25) is 5.24 Å². The summed E-state index contributed by atoms with van der Waals surface area (Å²) in [6.07, 6.45) is 5.58. The number of hydrogen-bond acceptors (Lipinski definition) is 2. The highest BCUT2D eigenvalue weighted by Gasteiger charge is 2.32. The lowest BCUT2D eigenvalue weighted by Gasteiger charge is -2.38. The van der Waals surface area contributed by atoms with Gasteiger partial charge in [0.05, 0.1) is 5.92 Å². The van der Waals surface area contributed by atoms with E-state index in [1.54, 1.807) is 0 Å². The van der Waals surface area contributed by atoms with Crippen molar-refractivity contribution in [3.8, 4) is 0 Å². The third-order valence-electron chi connectivity index (χ3n) is 6.86. The van der Waals surface area contributed by atoms with Gasteiger partial charge < -0.3 is 0 Å². The van der Waals surface area contributed by atoms with Gasteiger partial charge in [-0.05, 0) is 89.9 Å². The fraction of sp³-hybridized carbons (Fsp3) is 0.464. The first-order chi connectivity index (χ1) is 14.9. The molecule has 0 radical (unpaired) electrons. The summed E-state index contributed by atoms with van der Waals surface area (Å²) in [5, 5.41) is -0.185. The van der Waals surface area contributed by atoms with Crippen LogP contribution in [0.2, 0.25) is 0 Å². The number of likely N-dealkylation sites (tertiary alicyclic amines) is 1. The molecule has 3 heteroatoms. The highest BCUT2D eigenvalue weighted by atomic mass is 35.5. The van der Waals surface area contributed by atoms with Crippen LogP contribution in [0.3, 0.4) is 0 Å². The van der Waals surface area contributed by atoms with Gasteiger partial charge in [0, 0.05) is 19.6 Å². The van der Waals surface area contributed by atoms with Gasteiger partial charge in [-0.2, -0.15) is 0 Å². The Morgan fingerprint density at radius 3 is 2.32 bits per heavy atom. The first-order valence-corrected chi connectivity index (χ1v) is 12.1. The Morgan fingerprint density at radius 2 is 1.65 bits per heavy atom. The number of carbonyl (C=O) groups is 1. The SMILES string of the molecule is CC1=C(CN2CC(C(=O)Cl)C2)CCc2cc(CCc3ccc(CC(C)C)cc3)ccc21. The van der Waals surface area contributed by atoms with E-state index >= 15 is 0 Å². The predicted octanol–water partition coefficient (Wildman–Crippen LogP) is 6.09. The summed E-state index contributed by atoms with van der Waals surface area (Å²) in [6.45, 7) is 9.39. The molecular formula is C28H34ClNO. The third-order valence-corrected chi connectivity index (χ3v) is 7.17. The van der Waals surface area contributed by atoms with E-state index in [0.717, 1.165) is 51.7 Å². The Balaban J connectivity index is 1.36. The van der Waals surface area contributed by atoms with Crippen molar-refractivity contribution >= 4 is 22.4 Å². The summed E-state index contributed by atoms with van der Waals surface area (Å²) < 4.78 is 0. The van der Waals surface area contributed by atoms with Gasteiger partial charge in [-0.3, -0.25) is 9.69 Å². The lowest BCUT2D eigenvalue weighted by molar-refractivity contribution is -0.119. The number of allylic oxidation sites excluding steroid dienone is 1. The van der Waals surface area contributed by atoms with Crippen molar-refractivity contribution in [2.75, 3.05) is 19.6 Å². The second kappa shape index (κ2) is 9.71. The van der Waals surface area contributed by atoms with Crippen molar-refractivity contribution < 1.29 is 4.79 Å². The summed E-state index contributed by atoms with van der Waals surface area (Å²) in [5.41, 5.74) is 10.1. The molecule has 0 amide bonds. The molecule has 4 rings (SSSR count). The van der Waals surface area contributed by atoms with E-state index in [9.17, 15) is 4.79 Å². The van der Waals surface area contributed by atoms with Gasteiger partial charge in [-0.1, -0.05) is 61.9 Å². The summed E-state index contributed by atoms with van der Waals surface area (Å²) in [7, 11) is 0. The smallest absolute Gasteiger partial charge is 0.227 e. The molecule has 2 aromatic carbocycles. The lowest BCUT2D eigenvalue weighted by atomic mass is 9.84. The summed E-state index contributed by atoms with van der Waals surface area (Å²) >= 11 is 5.61. The van der Waals surface area contributed by atoms with Gasteiger partial charge in [0.25, 0.3) is 0 Å². The van der Waals surface area contributed by atoms with Crippen LogP contribution in [0.15, 0.2) is 48.0 Å². The van der Waals surface area contributed by atoms with E-state index in [0.29, 0.717) is 5.92 Å². The fourth-order valence-corrected chi connectivity index (χ4v) is 5.09. The van der Waals surface area contributed by atoms with Crippen molar-refractivity contribution in [3.05, 3.63) is 75.9 Å². The number of carbonyl (C=O) groups excluding carboxylic acids is 1. The number of halogens is 1. The Bertz CT molecular complexity index is 967. The molecule has 1 fully saturated rings. The third kappa shape index (κ3) is 5.48. The number of aryl methyl sites for hydroxylation is 3. The number of hydrogen-bond donors (Lipinski definition) is 0. The number of rotatable bonds is 8. The average molecular weight is 436 g/mol. The Kier molecular flexibility index (Phi) is 6.99. The second-order valence-electron chi connectivity index (χ2n) is 9.83. The van der Waals surface area contributed by atoms with E-state index < -0.39 is 0 Å². The van der Waals surface area contributed by atoms with Crippen LogP contribution < -0.4 is 0 Å². The van der Waals surface area contributed by atoms with Crippen LogP contribution in [0, 0.1) is 11.8 Å². The molecule has 0 unspecified atom stereocenters. The van der Waals surface area contributed by atoms with Crippen LogP contribution >= 0.6 is 11.6 Å². The van der Waals surface area contributed by atoms with Crippen LogP contribution in [0.5, 0.6) is 0 Å². The normalized spacial score (nSPS) is 17.1. The molecule has 164 valence electrons. The highest BCUT2D eigenvalue weighted by molar-refractivity contribution is 6.64. The van der Waals surface area contributed by atoms with Gasteiger partial charge >= 0.3 is 0 Å². The van der Waals surface area contributed by atoms with Crippen LogP contribution in [-0.4, -0.2) is 29.8 Å². The number of benzene rings is 2. The van der Waals surface area contributed by atoms with Crippen molar-refractivity contribution in [1.29, 1.82) is 0 Å². The Hall–Kier alpha value is -1.90. The summed E-state index contributed by atoms with van der Waals surface area (Å²) in [5.74, 6) is 0.740. The van der Waals surface area contributed by atoms with Crippen molar-refractivity contribution in [3.63, 3.8) is 0 Å². The lowest BCUT2D eigenvalue weighted by Crippen LogP contribution is -2.49. The van der Waals surface area contributed by atoms with Gasteiger partial charge in [0.15, 0.2) is 0 Å². The number of fused-ring (bicyclic) bond motifs is 1. The molecule has 1 aliphatic carbocycles. The maximum Gasteiger partial charge on any atom is 0.227 e. The molecule has 31 heavy (non-hydrogen) atoms. The molecule has 1 heterocycles. The molecule has 0 bridgehead atoms. The van der Waals surface area contributed by atoms with Crippen molar-refractivity contribution in [1.82, 2.24) is 4.90 Å². The maximum atomic E-state index is 11.2. The minimum Gasteiger partial charge on any atom is -0.298 e. The minimum absolute atomic E-state index is 0.0346. The van der Waals surface area contributed by atoms with Gasteiger partial charge in [0.1, 0.15) is 0 Å². The van der Waals surface area contributed by atoms with E-state index in [4.69, 9.17) is 11.6 Å². The average Bonchev–Trinajstić information content (AvgIpc) is 2.70. The molecule has 0 spiro atoms. The molecular weight excluding hydrogens is 402 g/mol. The van der Waals surface area contributed by atoms with Crippen LogP contribution in [-0.2, 0) is 30.5 Å². The summed E-state index contributed by atoms with van der Waals surface area (Å²) in [4.78, 5) is 13.6. The molecule has 0 atom stereocenters. The molecule has 2 aliphatic rings. The van der Waals surface area contributed by atoms with Crippen LogP contribution in [0.4, 0.5) is 0 Å². The quantitative estimate of drug-likeness (QED) is 0.468. The topological polar surface area (TPSA) is 20.3 Å². The van der Waals surface area contributed by atoms with E-state index in [1.165, 1.54) is 39.0 Å². The van der Waals surface area contributed by atoms with Gasteiger partial charge in [-0.15, -0.1) is 0 Å². The Labute approximate surface area is 192 Å². The largest absolute Gasteiger partial charge is 0.298 e. The zero-order chi connectivity index (χ0) is 22.0. The molecule has 1 saturated heterocycles. The first-order valence-electron chi connectivity index (χ1n) is 11.7. The first kappa shape index (κ1) is 22.3. The van der Waals surface area contributed by atoms with Crippen LogP contribution in [0.1, 0.15) is 55.0 Å². The standard InChI is InChI=1S/C28H34ClNO/c1-19(2)14-22-7-4-21(5-8-22)6-9-23-10-13-27-20(3)25(12-11-24(27)15-23)16-30-17-26(18-30)28(29)31/h4-5,7-8,10,13,15,19,26H,6,9,11-12,14,16-18H2,1-3H3. The van der Waals surface area contributed by atoms with Crippen molar-refractivity contribution in [2.45, 2.75) is 52.9 Å². The van der Waals surface area contributed by atoms with E-state index in [1.807, 2.05) is 0 Å². The zero-order valence-corrected chi connectivity index (χ0v) is 19.8. The Morgan fingerprint density at radius 1 is 1.00 bits per heavy atom. The number of nitrogens with zero attached hydrogens (tertiary/aromatic N) is 1. The van der Waals surface area contributed by atoms with Crippen molar-refractivity contribution in [2.24, 2.45) is 11.8 Å². The molecule has 2 aromatic rings. The molecule has 0 N–H and O–H groups in total. The van der Waals surface area contributed by atoms with Gasteiger partial charge in [-0.25, -0.2) is 0 Å². The van der Waals surface area contributed by atoms with E-state index in [-0.39, 0.29) is 11.2 Å². The van der Waals surface area contributed by atoms with Crippen LogP contribution in [0.25, 0.3) is 5.57 Å². The zero-order valence-electron chi connectivity index (χ0n) is 19.1. The minimum atomic E-state index is -0.185.